The SMILES string of the molecule is Cc1ccc(C(=O)CCC(=O)NCCS(=O)(=O)N2CCc3ccccc32)cc1. The van der Waals surface area contributed by atoms with E-state index in [0.29, 0.717) is 18.5 Å². The molecule has 0 saturated heterocycles. The van der Waals surface area contributed by atoms with Crippen LogP contribution in [0, 0.1) is 6.92 Å². The van der Waals surface area contributed by atoms with Crippen molar-refractivity contribution >= 4 is 27.4 Å². The summed E-state index contributed by atoms with van der Waals surface area (Å²) in [6.07, 6.45) is 0.837. The number of carbonyl (C=O) groups excluding carboxylic acids is 2. The van der Waals surface area contributed by atoms with Crippen LogP contribution < -0.4 is 9.62 Å². The smallest absolute Gasteiger partial charge is 0.236 e. The number of carbonyl (C=O) groups is 2. The normalized spacial score (nSPS) is 13.2. The standard InChI is InChI=1S/C21H24N2O4S/c1-16-6-8-18(9-7-16)20(24)10-11-21(25)22-13-15-28(26,27)23-14-12-17-4-2-3-5-19(17)23/h2-9H,10-15H2,1H3,(H,22,25). The van der Waals surface area contributed by atoms with Crippen molar-refractivity contribution in [2.75, 3.05) is 23.1 Å². The van der Waals surface area contributed by atoms with E-state index in [1.165, 1.54) is 4.31 Å². The maximum Gasteiger partial charge on any atom is 0.236 e. The zero-order valence-corrected chi connectivity index (χ0v) is 16.7. The molecule has 3 rings (SSSR count). The van der Waals surface area contributed by atoms with Gasteiger partial charge in [-0.3, -0.25) is 13.9 Å². The van der Waals surface area contributed by atoms with E-state index in [2.05, 4.69) is 5.32 Å². The van der Waals surface area contributed by atoms with Gasteiger partial charge in [-0.05, 0) is 25.0 Å². The lowest BCUT2D eigenvalue weighted by Gasteiger charge is -2.19. The summed E-state index contributed by atoms with van der Waals surface area (Å²) in [5, 5.41) is 2.61. The number of hydrogen-bond acceptors (Lipinski definition) is 4. The molecule has 0 unspecified atom stereocenters. The number of benzene rings is 2. The Balaban J connectivity index is 1.45. The van der Waals surface area contributed by atoms with Gasteiger partial charge >= 0.3 is 0 Å². The summed E-state index contributed by atoms with van der Waals surface area (Å²) in [6.45, 7) is 2.40. The van der Waals surface area contributed by atoms with Crippen LogP contribution in [0.15, 0.2) is 48.5 Å². The maximum absolute atomic E-state index is 12.6. The molecule has 1 amide bonds. The second kappa shape index (κ2) is 8.56. The number of hydrogen-bond donors (Lipinski definition) is 1. The Labute approximate surface area is 165 Å². The predicted octanol–water partition coefficient (Wildman–Crippen LogP) is 2.47. The third kappa shape index (κ3) is 4.78. The molecule has 0 radical (unpaired) electrons. The van der Waals surface area contributed by atoms with Gasteiger partial charge in [-0.25, -0.2) is 8.42 Å². The first-order valence-electron chi connectivity index (χ1n) is 9.32. The van der Waals surface area contributed by atoms with Crippen LogP contribution in [0.25, 0.3) is 0 Å². The lowest BCUT2D eigenvalue weighted by molar-refractivity contribution is -0.120. The number of ketones is 1. The highest BCUT2D eigenvalue weighted by Gasteiger charge is 2.28. The van der Waals surface area contributed by atoms with Gasteiger partial charge in [0.05, 0.1) is 11.4 Å². The summed E-state index contributed by atoms with van der Waals surface area (Å²) >= 11 is 0. The van der Waals surface area contributed by atoms with Crippen LogP contribution in [0.1, 0.15) is 34.3 Å². The van der Waals surface area contributed by atoms with E-state index in [1.54, 1.807) is 18.2 Å². The summed E-state index contributed by atoms with van der Waals surface area (Å²) in [5.41, 5.74) is 3.38. The molecule has 0 bridgehead atoms. The van der Waals surface area contributed by atoms with Gasteiger partial charge in [-0.15, -0.1) is 0 Å². The molecule has 1 aliphatic rings. The van der Waals surface area contributed by atoms with Crippen LogP contribution in [-0.4, -0.2) is 39.0 Å². The monoisotopic (exact) mass is 400 g/mol. The van der Waals surface area contributed by atoms with Gasteiger partial charge in [-0.2, -0.15) is 0 Å². The summed E-state index contributed by atoms with van der Waals surface area (Å²) in [5.74, 6) is -0.590. The molecule has 0 saturated carbocycles. The fourth-order valence-electron chi connectivity index (χ4n) is 3.23. The van der Waals surface area contributed by atoms with Gasteiger partial charge in [0.15, 0.2) is 5.78 Å². The number of amides is 1. The highest BCUT2D eigenvalue weighted by Crippen LogP contribution is 2.29. The molecule has 6 nitrogen and oxygen atoms in total. The molecular formula is C21H24N2O4S. The van der Waals surface area contributed by atoms with Crippen LogP contribution in [0.2, 0.25) is 0 Å². The van der Waals surface area contributed by atoms with Gasteiger partial charge in [0.2, 0.25) is 15.9 Å². The minimum atomic E-state index is -3.50. The van der Waals surface area contributed by atoms with E-state index in [-0.39, 0.29) is 36.8 Å². The van der Waals surface area contributed by atoms with Crippen molar-refractivity contribution in [1.82, 2.24) is 5.32 Å². The number of aryl methyl sites for hydroxylation is 1. The molecule has 28 heavy (non-hydrogen) atoms. The van der Waals surface area contributed by atoms with Crippen molar-refractivity contribution in [3.8, 4) is 0 Å². The van der Waals surface area contributed by atoms with Crippen molar-refractivity contribution in [3.63, 3.8) is 0 Å². The van der Waals surface area contributed by atoms with Gasteiger partial charge in [0.1, 0.15) is 0 Å². The van der Waals surface area contributed by atoms with Crippen LogP contribution in [0.4, 0.5) is 5.69 Å². The molecule has 1 N–H and O–H groups in total. The quantitative estimate of drug-likeness (QED) is 0.690. The van der Waals surface area contributed by atoms with Gasteiger partial charge in [-0.1, -0.05) is 48.0 Å². The fourth-order valence-corrected chi connectivity index (χ4v) is 4.65. The minimum Gasteiger partial charge on any atom is -0.355 e. The average molecular weight is 401 g/mol. The van der Waals surface area contributed by atoms with Crippen LogP contribution in [-0.2, 0) is 21.2 Å². The molecular weight excluding hydrogens is 376 g/mol. The molecule has 1 aliphatic heterocycles. The number of Topliss-reactive ketones (excluding diaryl/α,β-unsaturated/α-hetero) is 1. The first-order chi connectivity index (χ1) is 13.4. The van der Waals surface area contributed by atoms with Crippen molar-refractivity contribution in [3.05, 3.63) is 65.2 Å². The second-order valence-corrected chi connectivity index (χ2v) is 8.92. The predicted molar refractivity (Wildman–Crippen MR) is 109 cm³/mol. The first kappa shape index (κ1) is 20.1. The Morgan fingerprint density at radius 1 is 1.04 bits per heavy atom. The molecule has 0 aliphatic carbocycles. The second-order valence-electron chi connectivity index (χ2n) is 6.91. The van der Waals surface area contributed by atoms with Gasteiger partial charge in [0.25, 0.3) is 0 Å². The number of para-hydroxylation sites is 1. The summed E-state index contributed by atoms with van der Waals surface area (Å²) in [4.78, 5) is 24.1. The Hall–Kier alpha value is -2.67. The van der Waals surface area contributed by atoms with Crippen molar-refractivity contribution < 1.29 is 18.0 Å². The molecule has 2 aromatic rings. The summed E-state index contributed by atoms with van der Waals surface area (Å²) in [7, 11) is -3.50. The number of anilines is 1. The third-order valence-corrected chi connectivity index (χ3v) is 6.59. The largest absolute Gasteiger partial charge is 0.355 e. The highest BCUT2D eigenvalue weighted by molar-refractivity contribution is 7.92. The fraction of sp³-hybridized carbons (Fsp3) is 0.333. The molecule has 2 aromatic carbocycles. The zero-order chi connectivity index (χ0) is 20.1. The zero-order valence-electron chi connectivity index (χ0n) is 15.8. The number of rotatable bonds is 8. The first-order valence-corrected chi connectivity index (χ1v) is 10.9. The Kier molecular flexibility index (Phi) is 6.14. The number of nitrogens with zero attached hydrogens (tertiary/aromatic N) is 1. The summed E-state index contributed by atoms with van der Waals surface area (Å²) in [6, 6.07) is 14.6. The van der Waals surface area contributed by atoms with E-state index in [0.717, 1.165) is 16.8 Å². The number of sulfonamides is 1. The van der Waals surface area contributed by atoms with E-state index in [4.69, 9.17) is 0 Å². The van der Waals surface area contributed by atoms with Crippen LogP contribution >= 0.6 is 0 Å². The lowest BCUT2D eigenvalue weighted by Crippen LogP contribution is -2.37. The Morgan fingerprint density at radius 2 is 1.75 bits per heavy atom. The van der Waals surface area contributed by atoms with Crippen molar-refractivity contribution in [1.29, 1.82) is 0 Å². The number of fused-ring (bicyclic) bond motifs is 1. The maximum atomic E-state index is 12.6. The van der Waals surface area contributed by atoms with E-state index in [1.807, 2.05) is 37.3 Å². The highest BCUT2D eigenvalue weighted by atomic mass is 32.2. The van der Waals surface area contributed by atoms with Gasteiger partial charge in [0, 0.05) is 31.5 Å². The third-order valence-electron chi connectivity index (χ3n) is 4.82. The van der Waals surface area contributed by atoms with E-state index in [9.17, 15) is 18.0 Å². The average Bonchev–Trinajstić information content (AvgIpc) is 3.11. The van der Waals surface area contributed by atoms with E-state index < -0.39 is 10.0 Å². The topological polar surface area (TPSA) is 83.5 Å². The lowest BCUT2D eigenvalue weighted by atomic mass is 10.1. The van der Waals surface area contributed by atoms with Crippen LogP contribution in [0.3, 0.4) is 0 Å². The molecule has 0 atom stereocenters. The molecule has 148 valence electrons. The van der Waals surface area contributed by atoms with E-state index >= 15 is 0 Å². The Bertz CT molecular complexity index is 968. The Morgan fingerprint density at radius 3 is 2.50 bits per heavy atom. The van der Waals surface area contributed by atoms with Gasteiger partial charge < -0.3 is 5.32 Å². The molecule has 0 spiro atoms. The van der Waals surface area contributed by atoms with Crippen LogP contribution in [0.5, 0.6) is 0 Å². The molecule has 0 aromatic heterocycles. The minimum absolute atomic E-state index is 0.0263. The molecule has 7 heteroatoms. The molecule has 0 fully saturated rings. The molecule has 1 heterocycles. The van der Waals surface area contributed by atoms with Crippen molar-refractivity contribution in [2.45, 2.75) is 26.2 Å². The number of nitrogens with one attached hydrogen (secondary N) is 1. The van der Waals surface area contributed by atoms with Crippen molar-refractivity contribution in [2.24, 2.45) is 0 Å². The summed E-state index contributed by atoms with van der Waals surface area (Å²) < 4.78 is 26.6.